The fraction of sp³-hybridized carbons (Fsp3) is 0. The Balaban J connectivity index is 1.51. The second kappa shape index (κ2) is 8.44. The molecule has 1 fully saturated rings. The molecular weight excluding hydrogens is 422 g/mol. The van der Waals surface area contributed by atoms with Gasteiger partial charge in [-0.1, -0.05) is 42.1 Å². The number of hydrogen-bond donors (Lipinski definition) is 0. The van der Waals surface area contributed by atoms with E-state index in [1.165, 1.54) is 17.1 Å². The predicted octanol–water partition coefficient (Wildman–Crippen LogP) is 5.09. The SMILES string of the molecule is O=C1/C(=C/c2ccc(-c3ccc([N+](=O)[O-])cc3)o2)SC(=S)N1/N=C/c1ccccc1. The molecule has 1 aliphatic heterocycles. The molecule has 0 spiro atoms. The number of hydrogen-bond acceptors (Lipinski definition) is 7. The quantitative estimate of drug-likeness (QED) is 0.182. The van der Waals surface area contributed by atoms with Crippen LogP contribution < -0.4 is 0 Å². The van der Waals surface area contributed by atoms with E-state index < -0.39 is 4.92 Å². The molecule has 0 bridgehead atoms. The van der Waals surface area contributed by atoms with Gasteiger partial charge in [-0.15, -0.1) is 0 Å². The highest BCUT2D eigenvalue weighted by molar-refractivity contribution is 8.26. The second-order valence-electron chi connectivity index (χ2n) is 6.15. The van der Waals surface area contributed by atoms with Crippen molar-refractivity contribution in [2.24, 2.45) is 5.10 Å². The predicted molar refractivity (Wildman–Crippen MR) is 120 cm³/mol. The number of carbonyl (C=O) groups excluding carboxylic acids is 1. The molecule has 1 saturated heterocycles. The number of non-ortho nitro benzene ring substituents is 1. The molecule has 0 saturated carbocycles. The maximum Gasteiger partial charge on any atom is 0.286 e. The smallest absolute Gasteiger partial charge is 0.286 e. The number of thioether (sulfide) groups is 1. The van der Waals surface area contributed by atoms with Crippen LogP contribution in [0.5, 0.6) is 0 Å². The lowest BCUT2D eigenvalue weighted by atomic mass is 10.1. The zero-order valence-electron chi connectivity index (χ0n) is 15.3. The number of amides is 1. The van der Waals surface area contributed by atoms with Gasteiger partial charge in [0, 0.05) is 23.8 Å². The largest absolute Gasteiger partial charge is 0.457 e. The molecule has 30 heavy (non-hydrogen) atoms. The van der Waals surface area contributed by atoms with Crippen molar-refractivity contribution in [3.05, 3.63) is 93.1 Å². The van der Waals surface area contributed by atoms with Crippen molar-refractivity contribution in [2.45, 2.75) is 0 Å². The normalized spacial score (nSPS) is 15.5. The number of nitro groups is 1. The average Bonchev–Trinajstić information content (AvgIpc) is 3.32. The van der Waals surface area contributed by atoms with Gasteiger partial charge in [0.15, 0.2) is 4.32 Å². The molecule has 3 aromatic rings. The van der Waals surface area contributed by atoms with Gasteiger partial charge in [0.2, 0.25) is 0 Å². The average molecular weight is 435 g/mol. The lowest BCUT2D eigenvalue weighted by Gasteiger charge is -2.05. The molecule has 148 valence electrons. The van der Waals surface area contributed by atoms with E-state index >= 15 is 0 Å². The van der Waals surface area contributed by atoms with Gasteiger partial charge in [-0.05, 0) is 42.0 Å². The summed E-state index contributed by atoms with van der Waals surface area (Å²) in [5.74, 6) is 0.676. The summed E-state index contributed by atoms with van der Waals surface area (Å²) in [5, 5.41) is 16.1. The van der Waals surface area contributed by atoms with Crippen molar-refractivity contribution >= 4 is 52.2 Å². The molecule has 0 aliphatic carbocycles. The summed E-state index contributed by atoms with van der Waals surface area (Å²) in [6.07, 6.45) is 3.18. The number of benzene rings is 2. The van der Waals surface area contributed by atoms with Crippen LogP contribution in [0.4, 0.5) is 5.69 Å². The van der Waals surface area contributed by atoms with Gasteiger partial charge in [0.25, 0.3) is 11.6 Å². The lowest BCUT2D eigenvalue weighted by molar-refractivity contribution is -0.384. The second-order valence-corrected chi connectivity index (χ2v) is 7.83. The summed E-state index contributed by atoms with van der Waals surface area (Å²) < 4.78 is 6.10. The molecule has 7 nitrogen and oxygen atoms in total. The summed E-state index contributed by atoms with van der Waals surface area (Å²) in [4.78, 5) is 23.4. The van der Waals surface area contributed by atoms with E-state index in [0.717, 1.165) is 17.3 Å². The third-order valence-electron chi connectivity index (χ3n) is 4.16. The third-order valence-corrected chi connectivity index (χ3v) is 5.44. The number of furan rings is 1. The molecule has 1 aliphatic rings. The Hall–Kier alpha value is -3.56. The van der Waals surface area contributed by atoms with Crippen LogP contribution in [0.3, 0.4) is 0 Å². The molecule has 4 rings (SSSR count). The highest BCUT2D eigenvalue weighted by Gasteiger charge is 2.32. The van der Waals surface area contributed by atoms with E-state index in [1.54, 1.807) is 36.6 Å². The van der Waals surface area contributed by atoms with Crippen molar-refractivity contribution in [3.63, 3.8) is 0 Å². The highest BCUT2D eigenvalue weighted by atomic mass is 32.2. The fourth-order valence-electron chi connectivity index (χ4n) is 2.68. The summed E-state index contributed by atoms with van der Waals surface area (Å²) in [6.45, 7) is 0. The van der Waals surface area contributed by atoms with E-state index in [9.17, 15) is 14.9 Å². The van der Waals surface area contributed by atoms with Crippen LogP contribution >= 0.6 is 24.0 Å². The van der Waals surface area contributed by atoms with E-state index in [4.69, 9.17) is 16.6 Å². The van der Waals surface area contributed by atoms with Crippen LogP contribution in [0.1, 0.15) is 11.3 Å². The van der Waals surface area contributed by atoms with Gasteiger partial charge in [0.1, 0.15) is 11.5 Å². The van der Waals surface area contributed by atoms with E-state index in [0.29, 0.717) is 26.3 Å². The van der Waals surface area contributed by atoms with Crippen molar-refractivity contribution in [1.29, 1.82) is 0 Å². The molecule has 0 unspecified atom stereocenters. The van der Waals surface area contributed by atoms with Crippen LogP contribution in [-0.2, 0) is 4.79 Å². The van der Waals surface area contributed by atoms with Gasteiger partial charge in [-0.25, -0.2) is 0 Å². The first-order valence-electron chi connectivity index (χ1n) is 8.73. The van der Waals surface area contributed by atoms with Gasteiger partial charge in [-0.3, -0.25) is 14.9 Å². The number of carbonyl (C=O) groups is 1. The van der Waals surface area contributed by atoms with Crippen molar-refractivity contribution in [2.75, 3.05) is 0 Å². The highest BCUT2D eigenvalue weighted by Crippen LogP contribution is 2.34. The topological polar surface area (TPSA) is 88.9 Å². The van der Waals surface area contributed by atoms with Gasteiger partial charge in [-0.2, -0.15) is 10.1 Å². The Morgan fingerprint density at radius 2 is 1.80 bits per heavy atom. The number of hydrazone groups is 1. The first-order chi connectivity index (χ1) is 14.5. The van der Waals surface area contributed by atoms with Crippen LogP contribution in [0.15, 0.2) is 81.2 Å². The molecule has 2 heterocycles. The summed E-state index contributed by atoms with van der Waals surface area (Å²) in [5.41, 5.74) is 1.56. The minimum atomic E-state index is -0.459. The lowest BCUT2D eigenvalue weighted by Crippen LogP contribution is -2.22. The molecule has 9 heteroatoms. The number of rotatable bonds is 5. The zero-order chi connectivity index (χ0) is 21.1. The summed E-state index contributed by atoms with van der Waals surface area (Å²) in [6, 6.07) is 18.9. The van der Waals surface area contributed by atoms with Gasteiger partial charge >= 0.3 is 0 Å². The van der Waals surface area contributed by atoms with Crippen LogP contribution in [0.2, 0.25) is 0 Å². The third kappa shape index (κ3) is 4.22. The summed E-state index contributed by atoms with van der Waals surface area (Å²) >= 11 is 6.41. The number of nitrogens with zero attached hydrogens (tertiary/aromatic N) is 3. The fourth-order valence-corrected chi connectivity index (χ4v) is 3.84. The van der Waals surface area contributed by atoms with E-state index in [2.05, 4.69) is 5.10 Å². The maximum absolute atomic E-state index is 12.6. The molecule has 1 amide bonds. The maximum atomic E-state index is 12.6. The number of nitro benzene ring substituents is 1. The van der Waals surface area contributed by atoms with Crippen molar-refractivity contribution < 1.29 is 14.1 Å². The molecule has 0 N–H and O–H groups in total. The Kier molecular flexibility index (Phi) is 5.55. The first-order valence-corrected chi connectivity index (χ1v) is 9.95. The molecule has 0 radical (unpaired) electrons. The van der Waals surface area contributed by atoms with E-state index in [1.807, 2.05) is 30.3 Å². The minimum absolute atomic E-state index is 0.00487. The standard InChI is InChI=1S/C21H13N3O4S2/c25-20-19(30-21(29)23(20)22-13-14-4-2-1-3-5-14)12-17-10-11-18(28-17)15-6-8-16(9-7-15)24(26)27/h1-13H/b19-12-,22-13+. The van der Waals surface area contributed by atoms with Crippen molar-refractivity contribution in [3.8, 4) is 11.3 Å². The monoisotopic (exact) mass is 435 g/mol. The minimum Gasteiger partial charge on any atom is -0.457 e. The Morgan fingerprint density at radius 1 is 1.07 bits per heavy atom. The molecule has 2 aromatic carbocycles. The Labute approximate surface area is 180 Å². The Bertz CT molecular complexity index is 1180. The molecular formula is C21H13N3O4S2. The summed E-state index contributed by atoms with van der Waals surface area (Å²) in [7, 11) is 0. The molecule has 0 atom stereocenters. The first kappa shape index (κ1) is 19.7. The van der Waals surface area contributed by atoms with Gasteiger partial charge in [0.05, 0.1) is 16.0 Å². The van der Waals surface area contributed by atoms with E-state index in [-0.39, 0.29) is 11.6 Å². The zero-order valence-corrected chi connectivity index (χ0v) is 16.9. The number of thiocarbonyl (C=S) groups is 1. The van der Waals surface area contributed by atoms with Crippen LogP contribution in [0.25, 0.3) is 17.4 Å². The Morgan fingerprint density at radius 3 is 2.50 bits per heavy atom. The van der Waals surface area contributed by atoms with Crippen LogP contribution in [0, 0.1) is 10.1 Å². The molecule has 1 aromatic heterocycles. The van der Waals surface area contributed by atoms with Crippen molar-refractivity contribution in [1.82, 2.24) is 5.01 Å². The van der Waals surface area contributed by atoms with Gasteiger partial charge < -0.3 is 4.42 Å². The van der Waals surface area contributed by atoms with Crippen LogP contribution in [-0.4, -0.2) is 26.4 Å².